The first-order valence-electron chi connectivity index (χ1n) is 6.70. The normalized spacial score (nSPS) is 11.4. The summed E-state index contributed by atoms with van der Waals surface area (Å²) in [6.07, 6.45) is 2.90. The topological polar surface area (TPSA) is 76.9 Å². The van der Waals surface area contributed by atoms with E-state index in [0.29, 0.717) is 21.4 Å². The zero-order valence-corrected chi connectivity index (χ0v) is 14.5. The second-order valence-corrected chi connectivity index (χ2v) is 7.44. The van der Waals surface area contributed by atoms with Crippen LogP contribution in [0.2, 0.25) is 0 Å². The summed E-state index contributed by atoms with van der Waals surface area (Å²) < 4.78 is 30.3. The van der Waals surface area contributed by atoms with Crippen LogP contribution in [0.4, 0.5) is 5.69 Å². The number of hydrogen-bond donors (Lipinski definition) is 1. The number of para-hydroxylation sites is 2. The summed E-state index contributed by atoms with van der Waals surface area (Å²) in [5.41, 5.74) is 1.69. The third-order valence-electron chi connectivity index (χ3n) is 3.25. The molecule has 2 aromatic carbocycles. The number of hydrogen-bond acceptors (Lipinski definition) is 4. The van der Waals surface area contributed by atoms with Crippen molar-refractivity contribution in [2.45, 2.75) is 11.8 Å². The fraction of sp³-hybridized carbons (Fsp3) is 0.0667. The highest BCUT2D eigenvalue weighted by atomic mass is 79.9. The van der Waals surface area contributed by atoms with Crippen LogP contribution in [0.15, 0.2) is 64.5 Å². The molecule has 6 nitrogen and oxygen atoms in total. The van der Waals surface area contributed by atoms with Gasteiger partial charge in [0.25, 0.3) is 10.0 Å². The van der Waals surface area contributed by atoms with Gasteiger partial charge in [0.1, 0.15) is 12.7 Å². The minimum Gasteiger partial charge on any atom is -0.277 e. The van der Waals surface area contributed by atoms with Gasteiger partial charge in [0.05, 0.1) is 16.3 Å². The molecule has 1 heterocycles. The first-order valence-corrected chi connectivity index (χ1v) is 8.98. The van der Waals surface area contributed by atoms with Crippen LogP contribution in [0.5, 0.6) is 0 Å². The number of benzene rings is 2. The van der Waals surface area contributed by atoms with Crippen molar-refractivity contribution in [1.29, 1.82) is 0 Å². The number of nitrogens with one attached hydrogen (secondary N) is 1. The molecule has 0 spiro atoms. The predicted octanol–water partition coefficient (Wildman–Crippen LogP) is 3.14. The highest BCUT2D eigenvalue weighted by Crippen LogP contribution is 2.26. The third-order valence-corrected chi connectivity index (χ3v) is 5.25. The third kappa shape index (κ3) is 3.27. The van der Waals surface area contributed by atoms with Gasteiger partial charge in [-0.15, -0.1) is 0 Å². The molecule has 0 unspecified atom stereocenters. The predicted molar refractivity (Wildman–Crippen MR) is 91.0 cm³/mol. The van der Waals surface area contributed by atoms with Crippen LogP contribution >= 0.6 is 15.9 Å². The van der Waals surface area contributed by atoms with Gasteiger partial charge in [-0.1, -0.05) is 34.1 Å². The van der Waals surface area contributed by atoms with Crippen molar-refractivity contribution < 1.29 is 8.42 Å². The molecule has 0 saturated carbocycles. The van der Waals surface area contributed by atoms with E-state index in [2.05, 4.69) is 30.7 Å². The smallest absolute Gasteiger partial charge is 0.262 e. The van der Waals surface area contributed by atoms with Crippen LogP contribution in [0.25, 0.3) is 5.69 Å². The van der Waals surface area contributed by atoms with Gasteiger partial charge >= 0.3 is 0 Å². The van der Waals surface area contributed by atoms with Crippen molar-refractivity contribution in [3.8, 4) is 5.69 Å². The second-order valence-electron chi connectivity index (χ2n) is 4.87. The van der Waals surface area contributed by atoms with Crippen LogP contribution in [-0.2, 0) is 10.0 Å². The Hall–Kier alpha value is -2.19. The summed E-state index contributed by atoms with van der Waals surface area (Å²) in [6, 6.07) is 12.1. The Labute approximate surface area is 142 Å². The molecule has 0 fully saturated rings. The average molecular weight is 393 g/mol. The Kier molecular flexibility index (Phi) is 4.18. The molecule has 1 aromatic heterocycles. The zero-order valence-electron chi connectivity index (χ0n) is 12.1. The Morgan fingerprint density at radius 1 is 1.17 bits per heavy atom. The fourth-order valence-electron chi connectivity index (χ4n) is 2.16. The van der Waals surface area contributed by atoms with E-state index in [4.69, 9.17) is 0 Å². The Morgan fingerprint density at radius 2 is 1.96 bits per heavy atom. The lowest BCUT2D eigenvalue weighted by Gasteiger charge is -2.13. The molecule has 23 heavy (non-hydrogen) atoms. The van der Waals surface area contributed by atoms with E-state index >= 15 is 0 Å². The molecule has 118 valence electrons. The number of aryl methyl sites for hydroxylation is 1. The molecule has 0 atom stereocenters. The van der Waals surface area contributed by atoms with E-state index < -0.39 is 10.0 Å². The maximum atomic E-state index is 12.7. The Balaban J connectivity index is 2.04. The van der Waals surface area contributed by atoms with Crippen molar-refractivity contribution in [1.82, 2.24) is 14.8 Å². The van der Waals surface area contributed by atoms with E-state index in [1.54, 1.807) is 49.4 Å². The molecule has 0 aliphatic carbocycles. The van der Waals surface area contributed by atoms with Gasteiger partial charge in [-0.25, -0.2) is 18.1 Å². The molecule has 3 aromatic rings. The first-order chi connectivity index (χ1) is 11.0. The lowest BCUT2D eigenvalue weighted by atomic mass is 10.2. The van der Waals surface area contributed by atoms with Gasteiger partial charge in [-0.3, -0.25) is 4.72 Å². The summed E-state index contributed by atoms with van der Waals surface area (Å²) >= 11 is 3.31. The molecule has 0 radical (unpaired) electrons. The van der Waals surface area contributed by atoms with Crippen LogP contribution in [0.1, 0.15) is 5.56 Å². The fourth-order valence-corrected chi connectivity index (χ4v) is 4.01. The van der Waals surface area contributed by atoms with Crippen molar-refractivity contribution in [3.63, 3.8) is 0 Å². The van der Waals surface area contributed by atoms with Gasteiger partial charge in [0.15, 0.2) is 0 Å². The summed E-state index contributed by atoms with van der Waals surface area (Å²) in [5.74, 6) is 0. The lowest BCUT2D eigenvalue weighted by molar-refractivity contribution is 0.600. The Morgan fingerprint density at radius 3 is 2.70 bits per heavy atom. The molecular weight excluding hydrogens is 380 g/mol. The highest BCUT2D eigenvalue weighted by molar-refractivity contribution is 9.10. The number of nitrogens with zero attached hydrogens (tertiary/aromatic N) is 3. The number of sulfonamides is 1. The number of halogens is 1. The molecule has 0 bridgehead atoms. The van der Waals surface area contributed by atoms with Gasteiger partial charge in [-0.05, 0) is 36.8 Å². The lowest BCUT2D eigenvalue weighted by Crippen LogP contribution is -2.16. The number of anilines is 1. The molecule has 3 rings (SSSR count). The van der Waals surface area contributed by atoms with Gasteiger partial charge in [0, 0.05) is 4.47 Å². The van der Waals surface area contributed by atoms with Crippen molar-refractivity contribution in [2.75, 3.05) is 4.72 Å². The second kappa shape index (κ2) is 6.13. The number of aromatic nitrogens is 3. The largest absolute Gasteiger partial charge is 0.277 e. The molecule has 1 N–H and O–H groups in total. The van der Waals surface area contributed by atoms with Crippen molar-refractivity contribution in [3.05, 3.63) is 65.2 Å². The first kappa shape index (κ1) is 15.7. The molecular formula is C15H13BrN4O2S. The van der Waals surface area contributed by atoms with Crippen LogP contribution in [0.3, 0.4) is 0 Å². The number of rotatable bonds is 4. The molecule has 0 aliphatic heterocycles. The minimum absolute atomic E-state index is 0.222. The summed E-state index contributed by atoms with van der Waals surface area (Å²) in [7, 11) is -3.72. The van der Waals surface area contributed by atoms with E-state index in [-0.39, 0.29) is 4.90 Å². The van der Waals surface area contributed by atoms with Gasteiger partial charge < -0.3 is 0 Å². The monoisotopic (exact) mass is 392 g/mol. The summed E-state index contributed by atoms with van der Waals surface area (Å²) in [5, 5.41) is 4.04. The zero-order chi connectivity index (χ0) is 16.4. The maximum Gasteiger partial charge on any atom is 0.262 e. The summed E-state index contributed by atoms with van der Waals surface area (Å²) in [4.78, 5) is 4.11. The van der Waals surface area contributed by atoms with Crippen LogP contribution < -0.4 is 4.72 Å². The maximum absolute atomic E-state index is 12.7. The SMILES string of the molecule is Cc1ccc(Br)cc1S(=O)(=O)Nc1ccccc1-n1cncn1. The van der Waals surface area contributed by atoms with Crippen LogP contribution in [-0.4, -0.2) is 23.2 Å². The van der Waals surface area contributed by atoms with E-state index in [1.807, 2.05) is 0 Å². The molecule has 0 amide bonds. The molecule has 8 heteroatoms. The van der Waals surface area contributed by atoms with Gasteiger partial charge in [0.2, 0.25) is 0 Å². The van der Waals surface area contributed by atoms with Crippen molar-refractivity contribution in [2.24, 2.45) is 0 Å². The quantitative estimate of drug-likeness (QED) is 0.739. The molecule has 0 saturated heterocycles. The van der Waals surface area contributed by atoms with Crippen LogP contribution in [0, 0.1) is 6.92 Å². The summed E-state index contributed by atoms with van der Waals surface area (Å²) in [6.45, 7) is 1.75. The van der Waals surface area contributed by atoms with E-state index in [1.165, 1.54) is 17.3 Å². The van der Waals surface area contributed by atoms with Gasteiger partial charge in [-0.2, -0.15) is 5.10 Å². The minimum atomic E-state index is -3.72. The Bertz CT molecular complexity index is 940. The standard InChI is InChI=1S/C15H13BrN4O2S/c1-11-6-7-12(16)8-15(11)23(21,22)19-13-4-2-3-5-14(13)20-10-17-9-18-20/h2-10,19H,1H3. The highest BCUT2D eigenvalue weighted by Gasteiger charge is 2.19. The van der Waals surface area contributed by atoms with E-state index in [0.717, 1.165) is 0 Å². The average Bonchev–Trinajstić information content (AvgIpc) is 3.04. The molecule has 0 aliphatic rings. The van der Waals surface area contributed by atoms with E-state index in [9.17, 15) is 8.42 Å². The van der Waals surface area contributed by atoms with Crippen molar-refractivity contribution >= 4 is 31.6 Å².